The van der Waals surface area contributed by atoms with Gasteiger partial charge in [0.15, 0.2) is 0 Å². The summed E-state index contributed by atoms with van der Waals surface area (Å²) < 4.78 is 42.8. The lowest BCUT2D eigenvalue weighted by Crippen LogP contribution is -2.00. The van der Waals surface area contributed by atoms with Gasteiger partial charge in [0, 0.05) is 6.07 Å². The molecule has 1 aromatic carbocycles. The lowest BCUT2D eigenvalue weighted by molar-refractivity contribution is 0.219. The van der Waals surface area contributed by atoms with E-state index in [0.29, 0.717) is 0 Å². The summed E-state index contributed by atoms with van der Waals surface area (Å²) >= 11 is 0. The Morgan fingerprint density at radius 3 is 2.67 bits per heavy atom. The Labute approximate surface area is 135 Å². The zero-order valence-corrected chi connectivity index (χ0v) is 12.8. The highest BCUT2D eigenvalue weighted by Gasteiger charge is 2.20. The zero-order valence-electron chi connectivity index (χ0n) is 12.0. The third kappa shape index (κ3) is 3.24. The fourth-order valence-corrected chi connectivity index (χ4v) is 3.09. The summed E-state index contributed by atoms with van der Waals surface area (Å²) in [5.74, 6) is -0.254. The fourth-order valence-electron chi connectivity index (χ4n) is 1.88. The number of benzene rings is 1. The summed E-state index contributed by atoms with van der Waals surface area (Å²) in [6, 6.07) is 5.77. The molecule has 1 atom stereocenters. The maximum Gasteiger partial charge on any atom is 0.209 e. The molecule has 0 aliphatic rings. The molecule has 10 heteroatoms. The molecule has 0 fully saturated rings. The van der Waals surface area contributed by atoms with Crippen LogP contribution in [-0.4, -0.2) is 34.1 Å². The summed E-state index contributed by atoms with van der Waals surface area (Å²) in [7, 11) is -3.81. The molecule has 2 aromatic heterocycles. The number of rotatable bonds is 5. The molecule has 2 heterocycles. The van der Waals surface area contributed by atoms with Crippen LogP contribution in [0.3, 0.4) is 0 Å². The van der Waals surface area contributed by atoms with Crippen LogP contribution in [0, 0.1) is 5.82 Å². The normalized spacial score (nSPS) is 13.4. The van der Waals surface area contributed by atoms with Crippen LogP contribution in [0.5, 0.6) is 0 Å². The van der Waals surface area contributed by atoms with Crippen molar-refractivity contribution in [2.24, 2.45) is 0 Å². The molecule has 0 bridgehead atoms. The number of hydrogen-bond acceptors (Lipinski definition) is 7. The van der Waals surface area contributed by atoms with Crippen LogP contribution in [-0.2, 0) is 9.84 Å². The summed E-state index contributed by atoms with van der Waals surface area (Å²) in [5.41, 5.74) is 0. The SMILES string of the molecule is O=S(=O)(c1ccc(F)cc1)c1coc(C=CC(O)c2nn[nH]n2)c1. The highest BCUT2D eigenvalue weighted by Crippen LogP contribution is 2.24. The molecule has 1 unspecified atom stereocenters. The van der Waals surface area contributed by atoms with E-state index in [9.17, 15) is 17.9 Å². The summed E-state index contributed by atoms with van der Waals surface area (Å²) in [6.45, 7) is 0. The van der Waals surface area contributed by atoms with Crippen LogP contribution in [0.25, 0.3) is 6.08 Å². The van der Waals surface area contributed by atoms with Crippen molar-refractivity contribution in [2.45, 2.75) is 15.9 Å². The lowest BCUT2D eigenvalue weighted by atomic mass is 10.3. The van der Waals surface area contributed by atoms with Gasteiger partial charge in [-0.25, -0.2) is 12.8 Å². The van der Waals surface area contributed by atoms with E-state index in [0.717, 1.165) is 18.4 Å². The Hall–Kier alpha value is -2.85. The average molecular weight is 350 g/mol. The molecule has 0 aliphatic heterocycles. The third-order valence-electron chi connectivity index (χ3n) is 3.10. The first-order valence-corrected chi connectivity index (χ1v) is 8.14. The number of tetrazole rings is 1. The minimum absolute atomic E-state index is 0.0490. The van der Waals surface area contributed by atoms with E-state index in [1.807, 2.05) is 0 Å². The van der Waals surface area contributed by atoms with Gasteiger partial charge in [-0.15, -0.1) is 10.2 Å². The van der Waals surface area contributed by atoms with Gasteiger partial charge in [-0.1, -0.05) is 5.21 Å². The number of aromatic amines is 1. The second kappa shape index (κ2) is 6.34. The quantitative estimate of drug-likeness (QED) is 0.669. The molecule has 0 radical (unpaired) electrons. The zero-order chi connectivity index (χ0) is 17.2. The van der Waals surface area contributed by atoms with Crippen molar-refractivity contribution >= 4 is 15.9 Å². The smallest absolute Gasteiger partial charge is 0.209 e. The number of nitrogens with one attached hydrogen (secondary N) is 1. The predicted molar refractivity (Wildman–Crippen MR) is 78.7 cm³/mol. The molecule has 0 spiro atoms. The summed E-state index contributed by atoms with van der Waals surface area (Å²) in [6.07, 6.45) is 2.65. The van der Waals surface area contributed by atoms with Gasteiger partial charge in [0.2, 0.25) is 15.7 Å². The van der Waals surface area contributed by atoms with Gasteiger partial charge in [-0.3, -0.25) is 0 Å². The second-order valence-electron chi connectivity index (χ2n) is 4.72. The van der Waals surface area contributed by atoms with Gasteiger partial charge in [-0.05, 0) is 36.4 Å². The average Bonchev–Trinajstić information content (AvgIpc) is 3.25. The van der Waals surface area contributed by atoms with Crippen molar-refractivity contribution < 1.29 is 22.3 Å². The van der Waals surface area contributed by atoms with Crippen molar-refractivity contribution in [2.75, 3.05) is 0 Å². The molecule has 0 amide bonds. The first-order valence-electron chi connectivity index (χ1n) is 6.65. The molecule has 3 rings (SSSR count). The minimum atomic E-state index is -3.81. The Morgan fingerprint density at radius 1 is 1.25 bits per heavy atom. The molecule has 8 nitrogen and oxygen atoms in total. The van der Waals surface area contributed by atoms with Gasteiger partial charge in [-0.2, -0.15) is 5.21 Å². The largest absolute Gasteiger partial charge is 0.464 e. The lowest BCUT2D eigenvalue weighted by Gasteiger charge is -2.00. The van der Waals surface area contributed by atoms with Crippen molar-refractivity contribution in [3.05, 3.63) is 60.1 Å². The summed E-state index contributed by atoms with van der Waals surface area (Å²) in [5, 5.41) is 22.5. The van der Waals surface area contributed by atoms with E-state index >= 15 is 0 Å². The van der Waals surface area contributed by atoms with E-state index in [4.69, 9.17) is 4.42 Å². The van der Waals surface area contributed by atoms with Crippen LogP contribution in [0.15, 0.2) is 56.9 Å². The highest BCUT2D eigenvalue weighted by molar-refractivity contribution is 7.91. The number of hydrogen-bond donors (Lipinski definition) is 2. The van der Waals surface area contributed by atoms with Gasteiger partial charge in [0.25, 0.3) is 0 Å². The molecule has 124 valence electrons. The fraction of sp³-hybridized carbons (Fsp3) is 0.0714. The molecular weight excluding hydrogens is 339 g/mol. The van der Waals surface area contributed by atoms with Crippen LogP contribution in [0.1, 0.15) is 17.7 Å². The Morgan fingerprint density at radius 2 is 2.00 bits per heavy atom. The van der Waals surface area contributed by atoms with Crippen molar-refractivity contribution in [1.82, 2.24) is 20.6 Å². The van der Waals surface area contributed by atoms with Gasteiger partial charge < -0.3 is 9.52 Å². The highest BCUT2D eigenvalue weighted by atomic mass is 32.2. The third-order valence-corrected chi connectivity index (χ3v) is 4.83. The number of furan rings is 1. The summed E-state index contributed by atoms with van der Waals surface area (Å²) in [4.78, 5) is -0.130. The maximum absolute atomic E-state index is 12.9. The predicted octanol–water partition coefficient (Wildman–Crippen LogP) is 1.51. The first-order chi connectivity index (χ1) is 11.5. The molecule has 2 N–H and O–H groups in total. The first kappa shape index (κ1) is 16.0. The van der Waals surface area contributed by atoms with Crippen LogP contribution >= 0.6 is 0 Å². The molecule has 24 heavy (non-hydrogen) atoms. The number of H-pyrrole nitrogens is 1. The number of aromatic nitrogens is 4. The van der Waals surface area contributed by atoms with E-state index in [-0.39, 0.29) is 21.4 Å². The molecule has 0 saturated heterocycles. The number of aliphatic hydroxyl groups is 1. The molecular formula is C14H11FN4O4S. The van der Waals surface area contributed by atoms with Crippen molar-refractivity contribution in [3.8, 4) is 0 Å². The number of aliphatic hydroxyl groups excluding tert-OH is 1. The second-order valence-corrected chi connectivity index (χ2v) is 6.67. The Balaban J connectivity index is 1.81. The van der Waals surface area contributed by atoms with E-state index in [1.54, 1.807) is 0 Å². The Kier molecular flexibility index (Phi) is 4.23. The number of halogens is 1. The molecule has 3 aromatic rings. The number of nitrogens with zero attached hydrogens (tertiary/aromatic N) is 3. The monoisotopic (exact) mass is 350 g/mol. The maximum atomic E-state index is 12.9. The van der Waals surface area contributed by atoms with E-state index in [2.05, 4.69) is 20.6 Å². The van der Waals surface area contributed by atoms with Gasteiger partial charge in [0.05, 0.1) is 4.90 Å². The topological polar surface area (TPSA) is 122 Å². The van der Waals surface area contributed by atoms with Crippen molar-refractivity contribution in [1.29, 1.82) is 0 Å². The Bertz CT molecular complexity index is 949. The van der Waals surface area contributed by atoms with Gasteiger partial charge >= 0.3 is 0 Å². The minimum Gasteiger partial charge on any atom is -0.464 e. The van der Waals surface area contributed by atoms with Gasteiger partial charge in [0.1, 0.15) is 28.8 Å². The standard InChI is InChI=1S/C14H11FN4O4S/c15-9-1-4-11(5-2-9)24(21,22)12-7-10(23-8-12)3-6-13(20)14-16-18-19-17-14/h1-8,13,20H,(H,16,17,18,19). The number of sulfone groups is 1. The van der Waals surface area contributed by atoms with Crippen LogP contribution in [0.4, 0.5) is 4.39 Å². The van der Waals surface area contributed by atoms with Crippen molar-refractivity contribution in [3.63, 3.8) is 0 Å². The molecule has 0 aliphatic carbocycles. The van der Waals surface area contributed by atoms with E-state index in [1.165, 1.54) is 30.4 Å². The molecule has 0 saturated carbocycles. The van der Waals surface area contributed by atoms with Crippen LogP contribution in [0.2, 0.25) is 0 Å². The van der Waals surface area contributed by atoms with Crippen LogP contribution < -0.4 is 0 Å². The van der Waals surface area contributed by atoms with E-state index < -0.39 is 21.8 Å².